The maximum Gasteiger partial charge on any atom is 0.472 e. The van der Waals surface area contributed by atoms with Crippen LogP contribution in [0.15, 0.2) is 0 Å². The molecule has 0 unspecified atom stereocenters. The van der Waals surface area contributed by atoms with Crippen LogP contribution in [0.4, 0.5) is 0 Å². The van der Waals surface area contributed by atoms with Crippen LogP contribution in [0.3, 0.4) is 0 Å². The fourth-order valence-electron chi connectivity index (χ4n) is 2.28. The minimum absolute atomic E-state index is 0.188. The highest BCUT2D eigenvalue weighted by Crippen LogP contribution is 2.42. The zero-order chi connectivity index (χ0) is 18.5. The Kier molecular flexibility index (Phi) is 23.1. The van der Waals surface area contributed by atoms with Crippen LogP contribution < -0.4 is 5.32 Å². The second-order valence-electron chi connectivity index (χ2n) is 5.84. The quantitative estimate of drug-likeness (QED) is 0.271. The molecule has 24 heavy (non-hydrogen) atoms. The summed E-state index contributed by atoms with van der Waals surface area (Å²) in [5.74, 6) is 0. The van der Waals surface area contributed by atoms with Gasteiger partial charge in [0.15, 0.2) is 0 Å². The molecule has 148 valence electrons. The molecule has 0 aromatic carbocycles. The van der Waals surface area contributed by atoms with Gasteiger partial charge in [0.2, 0.25) is 0 Å². The van der Waals surface area contributed by atoms with E-state index in [1.165, 1.54) is 70.8 Å². The molecular weight excluding hydrogens is 325 g/mol. The third-order valence-electron chi connectivity index (χ3n) is 3.54. The van der Waals surface area contributed by atoms with Crippen molar-refractivity contribution in [3.05, 3.63) is 0 Å². The number of rotatable bonds is 16. The Hall–Kier alpha value is 0.0700. The van der Waals surface area contributed by atoms with E-state index in [0.717, 1.165) is 6.54 Å². The van der Waals surface area contributed by atoms with Gasteiger partial charge < -0.3 is 10.2 Å². The maximum absolute atomic E-state index is 10.5. The minimum Gasteiger partial charge on any atom is -0.317 e. The first-order valence-corrected chi connectivity index (χ1v) is 11.4. The Morgan fingerprint density at radius 1 is 0.750 bits per heavy atom. The van der Waals surface area contributed by atoms with Crippen molar-refractivity contribution in [2.75, 3.05) is 26.3 Å². The van der Waals surface area contributed by atoms with E-state index in [1.54, 1.807) is 13.8 Å². The maximum atomic E-state index is 10.5. The van der Waals surface area contributed by atoms with Crippen LogP contribution >= 0.6 is 7.82 Å². The van der Waals surface area contributed by atoms with Crippen LogP contribution in [-0.4, -0.2) is 31.2 Å². The third kappa shape index (κ3) is 24.3. The second kappa shape index (κ2) is 21.1. The smallest absolute Gasteiger partial charge is 0.317 e. The van der Waals surface area contributed by atoms with Gasteiger partial charge in [-0.15, -0.1) is 0 Å². The first-order chi connectivity index (χ1) is 11.5. The molecule has 2 N–H and O–H groups in total. The Morgan fingerprint density at radius 3 is 1.54 bits per heavy atom. The monoisotopic (exact) mass is 367 g/mol. The van der Waals surface area contributed by atoms with Gasteiger partial charge in [-0.2, -0.15) is 0 Å². The summed E-state index contributed by atoms with van der Waals surface area (Å²) in [4.78, 5) is 8.63. The molecule has 5 nitrogen and oxygen atoms in total. The second-order valence-corrected chi connectivity index (χ2v) is 7.29. The molecule has 6 heteroatoms. The van der Waals surface area contributed by atoms with Crippen molar-refractivity contribution >= 4 is 7.82 Å². The summed E-state index contributed by atoms with van der Waals surface area (Å²) >= 11 is 0. The van der Waals surface area contributed by atoms with E-state index in [4.69, 9.17) is 4.89 Å². The number of phosphoric ester groups is 1. The molecule has 0 aliphatic rings. The third-order valence-corrected chi connectivity index (χ3v) is 4.71. The molecule has 0 saturated carbocycles. The van der Waals surface area contributed by atoms with Gasteiger partial charge in [-0.25, -0.2) is 4.57 Å². The molecule has 0 aromatic heterocycles. The van der Waals surface area contributed by atoms with Gasteiger partial charge in [0, 0.05) is 0 Å². The van der Waals surface area contributed by atoms with Gasteiger partial charge in [-0.1, -0.05) is 71.6 Å². The molecule has 0 amide bonds. The molecule has 0 fully saturated rings. The SMILES string of the molecule is CCCCCCCCCCCCNCC.CCOP(=O)(O)OCC. The zero-order valence-corrected chi connectivity index (χ0v) is 17.4. The van der Waals surface area contributed by atoms with Gasteiger partial charge >= 0.3 is 7.82 Å². The van der Waals surface area contributed by atoms with Crippen LogP contribution in [0.25, 0.3) is 0 Å². The number of hydrogen-bond donors (Lipinski definition) is 2. The lowest BCUT2D eigenvalue weighted by atomic mass is 10.1. The van der Waals surface area contributed by atoms with E-state index < -0.39 is 7.82 Å². The van der Waals surface area contributed by atoms with Gasteiger partial charge in [-0.3, -0.25) is 9.05 Å². The fourth-order valence-corrected chi connectivity index (χ4v) is 3.00. The first-order valence-electron chi connectivity index (χ1n) is 9.86. The predicted molar refractivity (Wildman–Crippen MR) is 103 cm³/mol. The van der Waals surface area contributed by atoms with Crippen molar-refractivity contribution < 1.29 is 18.5 Å². The molecule has 0 atom stereocenters. The highest BCUT2D eigenvalue weighted by atomic mass is 31.2. The van der Waals surface area contributed by atoms with E-state index in [-0.39, 0.29) is 13.2 Å². The van der Waals surface area contributed by atoms with Crippen LogP contribution in [0, 0.1) is 0 Å². The fraction of sp³-hybridized carbons (Fsp3) is 1.00. The summed E-state index contributed by atoms with van der Waals surface area (Å²) in [5, 5.41) is 3.37. The molecule has 0 radical (unpaired) electrons. The van der Waals surface area contributed by atoms with Crippen LogP contribution in [0.2, 0.25) is 0 Å². The molecule has 0 spiro atoms. The van der Waals surface area contributed by atoms with Crippen LogP contribution in [0.1, 0.15) is 91.9 Å². The Morgan fingerprint density at radius 2 is 1.17 bits per heavy atom. The van der Waals surface area contributed by atoms with E-state index in [9.17, 15) is 4.57 Å². The molecular formula is C18H42NO4P. The first kappa shape index (κ1) is 26.3. The normalized spacial score (nSPS) is 11.2. The van der Waals surface area contributed by atoms with Crippen molar-refractivity contribution in [2.45, 2.75) is 91.9 Å². The average molecular weight is 368 g/mol. The number of nitrogens with one attached hydrogen (secondary N) is 1. The van der Waals surface area contributed by atoms with Crippen molar-refractivity contribution in [1.82, 2.24) is 5.32 Å². The number of unbranched alkanes of at least 4 members (excludes halogenated alkanes) is 9. The summed E-state index contributed by atoms with van der Waals surface area (Å²) in [7, 11) is -3.69. The van der Waals surface area contributed by atoms with E-state index in [0.29, 0.717) is 0 Å². The lowest BCUT2D eigenvalue weighted by Gasteiger charge is -2.07. The van der Waals surface area contributed by atoms with Crippen molar-refractivity contribution in [3.63, 3.8) is 0 Å². The topological polar surface area (TPSA) is 67.8 Å². The van der Waals surface area contributed by atoms with E-state index in [2.05, 4.69) is 28.2 Å². The van der Waals surface area contributed by atoms with Gasteiger partial charge in [0.25, 0.3) is 0 Å². The lowest BCUT2D eigenvalue weighted by molar-refractivity contribution is 0.161. The largest absolute Gasteiger partial charge is 0.472 e. The van der Waals surface area contributed by atoms with Gasteiger partial charge in [-0.05, 0) is 33.4 Å². The Labute approximate surface area is 150 Å². The summed E-state index contributed by atoms with van der Waals surface area (Å²) in [6, 6.07) is 0. The highest BCUT2D eigenvalue weighted by Gasteiger charge is 2.17. The molecule has 0 bridgehead atoms. The highest BCUT2D eigenvalue weighted by molar-refractivity contribution is 7.47. The minimum atomic E-state index is -3.69. The molecule has 0 saturated heterocycles. The molecule has 0 aliphatic carbocycles. The van der Waals surface area contributed by atoms with Crippen molar-refractivity contribution in [1.29, 1.82) is 0 Å². The molecule has 0 rings (SSSR count). The number of phosphoric acid groups is 1. The molecule has 0 aliphatic heterocycles. The zero-order valence-electron chi connectivity index (χ0n) is 16.5. The van der Waals surface area contributed by atoms with Crippen LogP contribution in [0.5, 0.6) is 0 Å². The Bertz CT molecular complexity index is 256. The van der Waals surface area contributed by atoms with Gasteiger partial charge in [0.05, 0.1) is 13.2 Å². The van der Waals surface area contributed by atoms with Gasteiger partial charge in [0.1, 0.15) is 0 Å². The van der Waals surface area contributed by atoms with E-state index in [1.807, 2.05) is 0 Å². The lowest BCUT2D eigenvalue weighted by Crippen LogP contribution is -2.13. The Balaban J connectivity index is 0. The average Bonchev–Trinajstić information content (AvgIpc) is 2.53. The number of hydrogen-bond acceptors (Lipinski definition) is 4. The summed E-state index contributed by atoms with van der Waals surface area (Å²) < 4.78 is 19.2. The van der Waals surface area contributed by atoms with E-state index >= 15 is 0 Å². The molecule has 0 aromatic rings. The van der Waals surface area contributed by atoms with Crippen molar-refractivity contribution in [3.8, 4) is 0 Å². The summed E-state index contributed by atoms with van der Waals surface area (Å²) in [6.45, 7) is 10.4. The van der Waals surface area contributed by atoms with Crippen LogP contribution in [-0.2, 0) is 13.6 Å². The van der Waals surface area contributed by atoms with Crippen molar-refractivity contribution in [2.24, 2.45) is 0 Å². The summed E-state index contributed by atoms with van der Waals surface area (Å²) in [6.07, 6.45) is 14.3. The predicted octanol–water partition coefficient (Wildman–Crippen LogP) is 5.68. The summed E-state index contributed by atoms with van der Waals surface area (Å²) in [5.41, 5.74) is 0. The molecule has 0 heterocycles. The standard InChI is InChI=1S/C14H31N.C4H11O4P/c1-3-5-6-7-8-9-10-11-12-13-14-15-4-2;1-3-7-9(5,6)8-4-2/h15H,3-14H2,1-2H3;3-4H2,1-2H3,(H,5,6).